The van der Waals surface area contributed by atoms with Crippen LogP contribution in [-0.4, -0.2) is 21.8 Å². The number of thioether (sulfide) groups is 1. The number of nitrogens with one attached hydrogen (secondary N) is 1. The fraction of sp³-hybridized carbons (Fsp3) is 0.417. The predicted octanol–water partition coefficient (Wildman–Crippen LogP) is 3.64. The molecule has 0 aliphatic rings. The van der Waals surface area contributed by atoms with Crippen LogP contribution in [0.3, 0.4) is 0 Å². The van der Waals surface area contributed by atoms with Gasteiger partial charge in [0.25, 0.3) is 0 Å². The van der Waals surface area contributed by atoms with Gasteiger partial charge in [0, 0.05) is 16.7 Å². The number of hydrogen-bond acceptors (Lipinski definition) is 6. The molecule has 0 aromatic carbocycles. The SMILES string of the molecule is Cc1noc(C)c1CSCC(=O)Nc1nc(C(F)(F)F)cs1. The van der Waals surface area contributed by atoms with Gasteiger partial charge in [0.2, 0.25) is 5.91 Å². The third kappa shape index (κ3) is 4.23. The van der Waals surface area contributed by atoms with E-state index in [1.54, 1.807) is 13.8 Å². The molecule has 5 nitrogen and oxygen atoms in total. The van der Waals surface area contributed by atoms with E-state index in [-0.39, 0.29) is 10.9 Å². The number of amides is 1. The van der Waals surface area contributed by atoms with Crippen molar-refractivity contribution in [3.63, 3.8) is 0 Å². The average molecular weight is 351 g/mol. The number of thiazole rings is 1. The fourth-order valence-corrected chi connectivity index (χ4v) is 3.28. The molecule has 1 N–H and O–H groups in total. The number of halogens is 3. The molecule has 2 heterocycles. The van der Waals surface area contributed by atoms with Crippen LogP contribution < -0.4 is 5.32 Å². The van der Waals surface area contributed by atoms with Crippen molar-refractivity contribution in [2.24, 2.45) is 0 Å². The van der Waals surface area contributed by atoms with Crippen LogP contribution in [0.1, 0.15) is 22.7 Å². The summed E-state index contributed by atoms with van der Waals surface area (Å²) in [6, 6.07) is 0. The number of aryl methyl sites for hydroxylation is 2. The summed E-state index contributed by atoms with van der Waals surface area (Å²) in [4.78, 5) is 15.0. The molecule has 0 aliphatic carbocycles. The van der Waals surface area contributed by atoms with Gasteiger partial charge in [0.1, 0.15) is 5.76 Å². The van der Waals surface area contributed by atoms with Crippen molar-refractivity contribution in [2.75, 3.05) is 11.1 Å². The number of carbonyl (C=O) groups is 1. The summed E-state index contributed by atoms with van der Waals surface area (Å²) in [5, 5.41) is 6.96. The number of nitrogens with zero attached hydrogens (tertiary/aromatic N) is 2. The molecule has 120 valence electrons. The van der Waals surface area contributed by atoms with Gasteiger partial charge in [-0.05, 0) is 13.8 Å². The van der Waals surface area contributed by atoms with Crippen molar-refractivity contribution in [3.05, 3.63) is 28.1 Å². The maximum absolute atomic E-state index is 12.4. The van der Waals surface area contributed by atoms with Gasteiger partial charge in [-0.3, -0.25) is 4.79 Å². The van der Waals surface area contributed by atoms with E-state index in [2.05, 4.69) is 15.5 Å². The van der Waals surface area contributed by atoms with Crippen LogP contribution in [0.5, 0.6) is 0 Å². The molecule has 22 heavy (non-hydrogen) atoms. The highest BCUT2D eigenvalue weighted by Gasteiger charge is 2.33. The summed E-state index contributed by atoms with van der Waals surface area (Å²) >= 11 is 2.07. The van der Waals surface area contributed by atoms with Crippen molar-refractivity contribution < 1.29 is 22.5 Å². The van der Waals surface area contributed by atoms with Gasteiger partial charge in [0.05, 0.1) is 11.4 Å². The van der Waals surface area contributed by atoms with E-state index in [0.29, 0.717) is 11.5 Å². The van der Waals surface area contributed by atoms with Gasteiger partial charge in [0.15, 0.2) is 10.8 Å². The van der Waals surface area contributed by atoms with Crippen molar-refractivity contribution in [1.29, 1.82) is 0 Å². The molecule has 0 saturated heterocycles. The first kappa shape index (κ1) is 16.8. The molecule has 1 amide bonds. The first-order valence-electron chi connectivity index (χ1n) is 6.09. The largest absolute Gasteiger partial charge is 0.434 e. The van der Waals surface area contributed by atoms with E-state index in [1.807, 2.05) is 0 Å². The highest BCUT2D eigenvalue weighted by Crippen LogP contribution is 2.31. The lowest BCUT2D eigenvalue weighted by Crippen LogP contribution is -2.14. The van der Waals surface area contributed by atoms with Crippen LogP contribution in [0.25, 0.3) is 0 Å². The lowest BCUT2D eigenvalue weighted by Gasteiger charge is -2.03. The third-order valence-electron chi connectivity index (χ3n) is 2.70. The number of rotatable bonds is 5. The second-order valence-corrected chi connectivity index (χ2v) is 6.22. The minimum atomic E-state index is -4.50. The smallest absolute Gasteiger partial charge is 0.361 e. The van der Waals surface area contributed by atoms with E-state index in [4.69, 9.17) is 4.52 Å². The number of aromatic nitrogens is 2. The Balaban J connectivity index is 1.82. The lowest BCUT2D eigenvalue weighted by atomic mass is 10.2. The van der Waals surface area contributed by atoms with Gasteiger partial charge in [-0.15, -0.1) is 23.1 Å². The van der Waals surface area contributed by atoms with Gasteiger partial charge >= 0.3 is 6.18 Å². The zero-order chi connectivity index (χ0) is 16.3. The first-order valence-corrected chi connectivity index (χ1v) is 8.13. The summed E-state index contributed by atoms with van der Waals surface area (Å²) in [6.07, 6.45) is -4.50. The van der Waals surface area contributed by atoms with Gasteiger partial charge < -0.3 is 9.84 Å². The minimum Gasteiger partial charge on any atom is -0.361 e. The van der Waals surface area contributed by atoms with E-state index in [1.165, 1.54) is 11.8 Å². The van der Waals surface area contributed by atoms with Crippen molar-refractivity contribution in [2.45, 2.75) is 25.8 Å². The van der Waals surface area contributed by atoms with Crippen molar-refractivity contribution in [1.82, 2.24) is 10.1 Å². The quantitative estimate of drug-likeness (QED) is 0.891. The lowest BCUT2D eigenvalue weighted by molar-refractivity contribution is -0.140. The van der Waals surface area contributed by atoms with Gasteiger partial charge in [-0.25, -0.2) is 4.98 Å². The fourth-order valence-electron chi connectivity index (χ4n) is 1.57. The summed E-state index contributed by atoms with van der Waals surface area (Å²) in [7, 11) is 0. The molecule has 0 fully saturated rings. The third-order valence-corrected chi connectivity index (χ3v) is 4.42. The van der Waals surface area contributed by atoms with E-state index in [9.17, 15) is 18.0 Å². The molecule has 0 atom stereocenters. The summed E-state index contributed by atoms with van der Waals surface area (Å²) in [6.45, 7) is 3.59. The molecular weight excluding hydrogens is 339 g/mol. The number of hydrogen-bond donors (Lipinski definition) is 1. The highest BCUT2D eigenvalue weighted by molar-refractivity contribution is 7.99. The molecule has 0 spiro atoms. The second-order valence-electron chi connectivity index (χ2n) is 4.38. The normalized spacial score (nSPS) is 11.7. The van der Waals surface area contributed by atoms with Crippen LogP contribution in [0.4, 0.5) is 18.3 Å². The topological polar surface area (TPSA) is 68.0 Å². The van der Waals surface area contributed by atoms with Crippen LogP contribution in [0, 0.1) is 13.8 Å². The van der Waals surface area contributed by atoms with Crippen LogP contribution in [0.15, 0.2) is 9.90 Å². The highest BCUT2D eigenvalue weighted by atomic mass is 32.2. The van der Waals surface area contributed by atoms with E-state index >= 15 is 0 Å². The molecule has 0 saturated carbocycles. The Kier molecular flexibility index (Phi) is 5.12. The summed E-state index contributed by atoms with van der Waals surface area (Å²) in [5.41, 5.74) is 0.683. The summed E-state index contributed by atoms with van der Waals surface area (Å²) in [5.74, 6) is 0.936. The standard InChI is InChI=1S/C12H12F3N3O2S2/c1-6-8(7(2)20-18-6)3-21-5-10(19)17-11-16-9(4-22-11)12(13,14)15/h4H,3,5H2,1-2H3,(H,16,17,19). The molecular formula is C12H12F3N3O2S2. The Morgan fingerprint density at radius 2 is 2.18 bits per heavy atom. The zero-order valence-electron chi connectivity index (χ0n) is 11.7. The molecule has 0 radical (unpaired) electrons. The van der Waals surface area contributed by atoms with Crippen LogP contribution >= 0.6 is 23.1 Å². The molecule has 0 unspecified atom stereocenters. The minimum absolute atomic E-state index is 0.0599. The molecule has 0 bridgehead atoms. The first-order chi connectivity index (χ1) is 10.3. The zero-order valence-corrected chi connectivity index (χ0v) is 13.3. The van der Waals surface area contributed by atoms with Crippen LogP contribution in [0.2, 0.25) is 0 Å². The molecule has 10 heteroatoms. The Labute approximate surface area is 132 Å². The van der Waals surface area contributed by atoms with Crippen molar-refractivity contribution in [3.8, 4) is 0 Å². The van der Waals surface area contributed by atoms with Crippen LogP contribution in [-0.2, 0) is 16.7 Å². The Morgan fingerprint density at radius 1 is 1.45 bits per heavy atom. The Morgan fingerprint density at radius 3 is 2.73 bits per heavy atom. The van der Waals surface area contributed by atoms with Crippen molar-refractivity contribution >= 4 is 34.1 Å². The molecule has 0 aliphatic heterocycles. The number of anilines is 1. The van der Waals surface area contributed by atoms with Gasteiger partial charge in [-0.2, -0.15) is 13.2 Å². The maximum Gasteiger partial charge on any atom is 0.434 e. The Hall–Kier alpha value is -1.55. The Bertz CT molecular complexity index is 647. The molecule has 2 aromatic heterocycles. The number of alkyl halides is 3. The maximum atomic E-state index is 12.4. The monoisotopic (exact) mass is 351 g/mol. The second kappa shape index (κ2) is 6.69. The van der Waals surface area contributed by atoms with E-state index < -0.39 is 17.8 Å². The number of carbonyl (C=O) groups excluding carboxylic acids is 1. The van der Waals surface area contributed by atoms with Gasteiger partial charge in [-0.1, -0.05) is 5.16 Å². The van der Waals surface area contributed by atoms with E-state index in [0.717, 1.165) is 28.0 Å². The average Bonchev–Trinajstić information content (AvgIpc) is 2.99. The predicted molar refractivity (Wildman–Crippen MR) is 77.9 cm³/mol. The molecule has 2 rings (SSSR count). The molecule has 2 aromatic rings. The summed E-state index contributed by atoms with van der Waals surface area (Å²) < 4.78 is 42.2.